The molecule has 0 fully saturated rings. The van der Waals surface area contributed by atoms with E-state index in [9.17, 15) is 18.5 Å². The average Bonchev–Trinajstić information content (AvgIpc) is 2.64. The van der Waals surface area contributed by atoms with E-state index in [0.717, 1.165) is 29.1 Å². The predicted molar refractivity (Wildman–Crippen MR) is 85.5 cm³/mol. The van der Waals surface area contributed by atoms with Gasteiger partial charge in [0.1, 0.15) is 5.54 Å². The van der Waals surface area contributed by atoms with Gasteiger partial charge >= 0.3 is 0 Å². The van der Waals surface area contributed by atoms with Crippen LogP contribution in [0, 0.1) is 10.1 Å². The summed E-state index contributed by atoms with van der Waals surface area (Å²) in [6, 6.07) is 4.61. The molecule has 0 saturated heterocycles. The van der Waals surface area contributed by atoms with Crippen LogP contribution in [0.3, 0.4) is 0 Å². The molecule has 1 spiro atoms. The number of rotatable bonds is 1. The van der Waals surface area contributed by atoms with E-state index in [4.69, 9.17) is 5.73 Å². The summed E-state index contributed by atoms with van der Waals surface area (Å²) in [5.41, 5.74) is 6.26. The molecule has 23 heavy (non-hydrogen) atoms. The molecule has 0 saturated carbocycles. The molecule has 1 aliphatic heterocycles. The first-order valence-electron chi connectivity index (χ1n) is 7.35. The number of aliphatic imine (C=N–C) groups is 1. The average molecular weight is 338 g/mol. The molecule has 3 rings (SSSR count). The quantitative estimate of drug-likeness (QED) is 0.607. The summed E-state index contributed by atoms with van der Waals surface area (Å²) >= 11 is 0. The summed E-state index contributed by atoms with van der Waals surface area (Å²) < 4.78 is 25.8. The van der Waals surface area contributed by atoms with Crippen LogP contribution in [-0.4, -0.2) is 36.4 Å². The molecule has 2 N–H and O–H groups in total. The van der Waals surface area contributed by atoms with Crippen LogP contribution in [0.4, 0.5) is 5.69 Å². The van der Waals surface area contributed by atoms with Gasteiger partial charge < -0.3 is 5.73 Å². The number of non-ortho nitro benzene ring substituents is 1. The van der Waals surface area contributed by atoms with Crippen LogP contribution < -0.4 is 5.73 Å². The van der Waals surface area contributed by atoms with Gasteiger partial charge in [0.2, 0.25) is 16.0 Å². The molecule has 0 amide bonds. The molecule has 124 valence electrons. The predicted octanol–water partition coefficient (Wildman–Crippen LogP) is 1.11. The van der Waals surface area contributed by atoms with Gasteiger partial charge in [-0.2, -0.15) is 0 Å². The Hall–Kier alpha value is -2.16. The summed E-state index contributed by atoms with van der Waals surface area (Å²) in [7, 11) is -2.24. The third kappa shape index (κ3) is 2.54. The molecule has 0 aromatic heterocycles. The zero-order valence-corrected chi connectivity index (χ0v) is 13.5. The highest BCUT2D eigenvalue weighted by Crippen LogP contribution is 2.42. The number of nitrogens with zero attached hydrogens (tertiary/aromatic N) is 3. The maximum Gasteiger partial charge on any atom is 0.269 e. The molecule has 0 radical (unpaired) electrons. The van der Waals surface area contributed by atoms with E-state index in [0.29, 0.717) is 12.0 Å². The van der Waals surface area contributed by atoms with Crippen molar-refractivity contribution in [1.82, 2.24) is 4.31 Å². The summed E-state index contributed by atoms with van der Waals surface area (Å²) in [6.07, 6.45) is 2.94. The monoisotopic (exact) mass is 338 g/mol. The molecule has 1 heterocycles. The second kappa shape index (κ2) is 5.19. The van der Waals surface area contributed by atoms with Crippen molar-refractivity contribution in [2.24, 2.45) is 10.7 Å². The van der Waals surface area contributed by atoms with Crippen LogP contribution in [0.15, 0.2) is 23.2 Å². The van der Waals surface area contributed by atoms with Gasteiger partial charge in [0, 0.05) is 19.2 Å². The smallest absolute Gasteiger partial charge is 0.269 e. The number of nitro groups is 1. The number of nitrogens with two attached hydrogens (primary N) is 1. The van der Waals surface area contributed by atoms with Gasteiger partial charge in [0.25, 0.3) is 5.69 Å². The van der Waals surface area contributed by atoms with Crippen LogP contribution >= 0.6 is 0 Å². The summed E-state index contributed by atoms with van der Waals surface area (Å²) in [6.45, 7) is 0. The van der Waals surface area contributed by atoms with E-state index in [1.807, 2.05) is 0 Å². The Morgan fingerprint density at radius 1 is 1.39 bits per heavy atom. The SMILES string of the molecule is CN1C(N)=N[C@@]2(CCCCc3ccc([N+](=O)[O-])cc32)CS1(=O)=O. The van der Waals surface area contributed by atoms with Crippen molar-refractivity contribution in [3.8, 4) is 0 Å². The minimum absolute atomic E-state index is 0.0601. The highest BCUT2D eigenvalue weighted by Gasteiger charge is 2.45. The van der Waals surface area contributed by atoms with Crippen molar-refractivity contribution in [2.45, 2.75) is 31.2 Å². The third-order valence-electron chi connectivity index (χ3n) is 4.58. The highest BCUT2D eigenvalue weighted by atomic mass is 32.2. The Balaban J connectivity index is 2.25. The number of sulfonamides is 1. The molecule has 0 unspecified atom stereocenters. The normalized spacial score (nSPS) is 26.3. The molecular formula is C14H18N4O4S. The number of hydrogen-bond acceptors (Lipinski definition) is 6. The van der Waals surface area contributed by atoms with Gasteiger partial charge in [-0.3, -0.25) is 10.1 Å². The fraction of sp³-hybridized carbons (Fsp3) is 0.500. The van der Waals surface area contributed by atoms with Crippen LogP contribution in [0.1, 0.15) is 30.4 Å². The minimum atomic E-state index is -3.60. The molecule has 1 aromatic carbocycles. The standard InChI is InChI=1S/C14H18N4O4S/c1-17-13(15)16-14(9-23(17,21)22)7-3-2-4-10-5-6-11(18(19)20)8-12(10)14/h5-6,8H,2-4,7,9H2,1H3,(H2,15,16)/t14-/m0/s1. The molecule has 2 aliphatic rings. The van der Waals surface area contributed by atoms with Gasteiger partial charge in [0.15, 0.2) is 0 Å². The van der Waals surface area contributed by atoms with Crippen molar-refractivity contribution in [2.75, 3.05) is 12.8 Å². The number of nitro benzene ring substituents is 1. The first kappa shape index (κ1) is 15.7. The van der Waals surface area contributed by atoms with Crippen LogP contribution in [0.2, 0.25) is 0 Å². The Labute approximate surface area is 134 Å². The van der Waals surface area contributed by atoms with Gasteiger partial charge in [0.05, 0.1) is 10.7 Å². The Morgan fingerprint density at radius 3 is 2.78 bits per heavy atom. The van der Waals surface area contributed by atoms with Crippen molar-refractivity contribution >= 4 is 21.7 Å². The molecule has 1 atom stereocenters. The van der Waals surface area contributed by atoms with Gasteiger partial charge in [-0.15, -0.1) is 0 Å². The maximum atomic E-state index is 12.4. The molecule has 1 aromatic rings. The number of fused-ring (bicyclic) bond motifs is 2. The zero-order valence-electron chi connectivity index (χ0n) is 12.7. The molecular weight excluding hydrogens is 320 g/mol. The lowest BCUT2D eigenvalue weighted by atomic mass is 9.86. The molecule has 9 heteroatoms. The molecule has 1 aliphatic carbocycles. The summed E-state index contributed by atoms with van der Waals surface area (Å²) in [5.74, 6) is -0.290. The minimum Gasteiger partial charge on any atom is -0.369 e. The topological polar surface area (TPSA) is 119 Å². The first-order chi connectivity index (χ1) is 10.8. The fourth-order valence-corrected chi connectivity index (χ4v) is 4.81. The third-order valence-corrected chi connectivity index (χ3v) is 6.45. The molecule has 0 bridgehead atoms. The van der Waals surface area contributed by atoms with Crippen molar-refractivity contribution in [3.63, 3.8) is 0 Å². The Morgan fingerprint density at radius 2 is 2.13 bits per heavy atom. The second-order valence-corrected chi connectivity index (χ2v) is 8.03. The van der Waals surface area contributed by atoms with Gasteiger partial charge in [-0.1, -0.05) is 12.5 Å². The second-order valence-electron chi connectivity index (χ2n) is 6.03. The number of aryl methyl sites for hydroxylation is 1. The van der Waals surface area contributed by atoms with Gasteiger partial charge in [-0.25, -0.2) is 17.7 Å². The van der Waals surface area contributed by atoms with E-state index >= 15 is 0 Å². The van der Waals surface area contributed by atoms with E-state index < -0.39 is 20.5 Å². The van der Waals surface area contributed by atoms with Crippen LogP contribution in [0.5, 0.6) is 0 Å². The van der Waals surface area contributed by atoms with Crippen LogP contribution in [-0.2, 0) is 22.0 Å². The zero-order chi connectivity index (χ0) is 16.8. The van der Waals surface area contributed by atoms with E-state index in [1.165, 1.54) is 19.2 Å². The maximum absolute atomic E-state index is 12.4. The van der Waals surface area contributed by atoms with Crippen LogP contribution in [0.25, 0.3) is 0 Å². The van der Waals surface area contributed by atoms with E-state index in [-0.39, 0.29) is 17.4 Å². The Kier molecular flexibility index (Phi) is 3.55. The fourth-order valence-electron chi connectivity index (χ4n) is 3.33. The molecule has 8 nitrogen and oxygen atoms in total. The number of guanidine groups is 1. The summed E-state index contributed by atoms with van der Waals surface area (Å²) in [5, 5.41) is 11.1. The van der Waals surface area contributed by atoms with Crippen molar-refractivity contribution < 1.29 is 13.3 Å². The lowest BCUT2D eigenvalue weighted by Gasteiger charge is -2.37. The number of benzene rings is 1. The Bertz CT molecular complexity index is 805. The van der Waals surface area contributed by atoms with Gasteiger partial charge in [-0.05, 0) is 30.4 Å². The summed E-state index contributed by atoms with van der Waals surface area (Å²) in [4.78, 5) is 15.1. The lowest BCUT2D eigenvalue weighted by Crippen LogP contribution is -2.51. The van der Waals surface area contributed by atoms with Crippen molar-refractivity contribution in [1.29, 1.82) is 0 Å². The number of hydrogen-bond donors (Lipinski definition) is 1. The first-order valence-corrected chi connectivity index (χ1v) is 8.96. The van der Waals surface area contributed by atoms with Crippen molar-refractivity contribution in [3.05, 3.63) is 39.4 Å². The van der Waals surface area contributed by atoms with E-state index in [2.05, 4.69) is 4.99 Å². The van der Waals surface area contributed by atoms with E-state index in [1.54, 1.807) is 6.07 Å². The highest BCUT2D eigenvalue weighted by molar-refractivity contribution is 7.89. The largest absolute Gasteiger partial charge is 0.369 e. The lowest BCUT2D eigenvalue weighted by molar-refractivity contribution is -0.385.